The summed E-state index contributed by atoms with van der Waals surface area (Å²) in [7, 11) is 0. The Kier molecular flexibility index (Phi) is 3.45. The number of nitrogens with two attached hydrogens (primary N) is 1. The highest BCUT2D eigenvalue weighted by Crippen LogP contribution is 2.43. The van der Waals surface area contributed by atoms with Gasteiger partial charge in [0.05, 0.1) is 0 Å². The summed E-state index contributed by atoms with van der Waals surface area (Å²) < 4.78 is 24.4. The Morgan fingerprint density at radius 1 is 1.55 bits per heavy atom. The molecular weight excluding hydrogens is 172 g/mol. The topological polar surface area (TPSA) is 26.0 Å². The van der Waals surface area contributed by atoms with Crippen molar-refractivity contribution in [2.45, 2.75) is 24.8 Å². The molecule has 0 aliphatic heterocycles. The fourth-order valence-corrected chi connectivity index (χ4v) is 1.17. The lowest BCUT2D eigenvalue weighted by atomic mass is 9.77. The van der Waals surface area contributed by atoms with Crippen LogP contribution in [0.1, 0.15) is 12.8 Å². The first-order chi connectivity index (χ1) is 4.55. The van der Waals surface area contributed by atoms with Crippen LogP contribution in [0, 0.1) is 5.92 Å². The van der Waals surface area contributed by atoms with E-state index in [0.29, 0.717) is 0 Å². The summed E-state index contributed by atoms with van der Waals surface area (Å²) in [6.45, 7) is 3.44. The van der Waals surface area contributed by atoms with E-state index in [1.54, 1.807) is 0 Å². The van der Waals surface area contributed by atoms with Crippen molar-refractivity contribution in [2.24, 2.45) is 11.7 Å². The average molecular weight is 184 g/mol. The van der Waals surface area contributed by atoms with Gasteiger partial charge in [0.1, 0.15) is 0 Å². The molecule has 1 unspecified atom stereocenters. The lowest BCUT2D eigenvalue weighted by molar-refractivity contribution is -0.112. The van der Waals surface area contributed by atoms with E-state index in [1.165, 1.54) is 6.08 Å². The normalized spacial score (nSPS) is 24.6. The van der Waals surface area contributed by atoms with Crippen LogP contribution in [0.15, 0.2) is 12.7 Å². The van der Waals surface area contributed by atoms with Gasteiger partial charge in [-0.25, -0.2) is 8.78 Å². The third-order valence-corrected chi connectivity index (χ3v) is 1.94. The van der Waals surface area contributed by atoms with Crippen LogP contribution in [-0.2, 0) is 0 Å². The molecule has 4 heteroatoms. The zero-order valence-electron chi connectivity index (χ0n) is 6.09. The molecule has 2 N–H and O–H groups in total. The first-order valence-corrected chi connectivity index (χ1v) is 3.31. The van der Waals surface area contributed by atoms with Crippen molar-refractivity contribution in [1.29, 1.82) is 0 Å². The maximum Gasteiger partial charge on any atom is 0.248 e. The molecule has 0 amide bonds. The van der Waals surface area contributed by atoms with Crippen LogP contribution in [0.3, 0.4) is 0 Å². The summed E-state index contributed by atoms with van der Waals surface area (Å²) in [6.07, 6.45) is 1.39. The highest BCUT2D eigenvalue weighted by Gasteiger charge is 2.46. The van der Waals surface area contributed by atoms with E-state index in [-0.39, 0.29) is 37.2 Å². The zero-order chi connectivity index (χ0) is 7.78. The molecule has 0 aromatic carbocycles. The van der Waals surface area contributed by atoms with Crippen LogP contribution in [0.25, 0.3) is 0 Å². The molecule has 0 saturated heterocycles. The van der Waals surface area contributed by atoms with Crippen molar-refractivity contribution >= 4 is 12.4 Å². The van der Waals surface area contributed by atoms with Gasteiger partial charge in [0.25, 0.3) is 0 Å². The molecule has 0 aromatic heterocycles. The number of hydrogen-bond acceptors (Lipinski definition) is 1. The van der Waals surface area contributed by atoms with E-state index in [9.17, 15) is 8.78 Å². The van der Waals surface area contributed by atoms with Crippen molar-refractivity contribution in [3.63, 3.8) is 0 Å². The maximum absolute atomic E-state index is 12.2. The summed E-state index contributed by atoms with van der Waals surface area (Å²) in [6, 6.07) is -0.250. The van der Waals surface area contributed by atoms with E-state index in [0.717, 1.165) is 0 Å². The number of hydrogen-bond donors (Lipinski definition) is 1. The lowest BCUT2D eigenvalue weighted by Gasteiger charge is -2.37. The van der Waals surface area contributed by atoms with Crippen LogP contribution in [0.5, 0.6) is 0 Å². The smallest absolute Gasteiger partial charge is 0.248 e. The lowest BCUT2D eigenvalue weighted by Crippen LogP contribution is -2.44. The van der Waals surface area contributed by atoms with Gasteiger partial charge in [-0.2, -0.15) is 0 Å². The van der Waals surface area contributed by atoms with Gasteiger partial charge >= 0.3 is 0 Å². The van der Waals surface area contributed by atoms with Crippen LogP contribution < -0.4 is 5.73 Å². The van der Waals surface area contributed by atoms with Crippen LogP contribution in [0.4, 0.5) is 8.78 Å². The summed E-state index contributed by atoms with van der Waals surface area (Å²) in [5, 5.41) is 0. The third-order valence-electron chi connectivity index (χ3n) is 1.94. The molecule has 0 aromatic rings. The Hall–Kier alpha value is -0.150. The monoisotopic (exact) mass is 183 g/mol. The third kappa shape index (κ3) is 2.42. The second-order valence-corrected chi connectivity index (χ2v) is 2.84. The molecule has 0 radical (unpaired) electrons. The molecule has 1 saturated carbocycles. The maximum atomic E-state index is 12.2. The molecule has 1 nitrogen and oxygen atoms in total. The van der Waals surface area contributed by atoms with E-state index in [1.807, 2.05) is 0 Å². The zero-order valence-corrected chi connectivity index (χ0v) is 6.91. The highest BCUT2D eigenvalue weighted by molar-refractivity contribution is 5.85. The summed E-state index contributed by atoms with van der Waals surface area (Å²) in [5.41, 5.74) is 5.45. The largest absolute Gasteiger partial charge is 0.324 e. The summed E-state index contributed by atoms with van der Waals surface area (Å²) >= 11 is 0. The van der Waals surface area contributed by atoms with Gasteiger partial charge in [-0.15, -0.1) is 19.0 Å². The Bertz CT molecular complexity index is 141. The molecule has 0 bridgehead atoms. The molecule has 1 rings (SSSR count). The van der Waals surface area contributed by atoms with Crippen LogP contribution >= 0.6 is 12.4 Å². The first kappa shape index (κ1) is 10.8. The fourth-order valence-electron chi connectivity index (χ4n) is 1.17. The standard InChI is InChI=1S/C7H11F2N.ClH/c1-2-6(10)5-3-7(8,9)4-5;/h2,5-6H,1,3-4,10H2;1H. The van der Waals surface area contributed by atoms with E-state index >= 15 is 0 Å². The van der Waals surface area contributed by atoms with E-state index < -0.39 is 5.92 Å². The summed E-state index contributed by atoms with van der Waals surface area (Å²) in [5.74, 6) is -2.50. The minimum absolute atomic E-state index is 0. The van der Waals surface area contributed by atoms with Gasteiger partial charge in [0.2, 0.25) is 5.92 Å². The van der Waals surface area contributed by atoms with Crippen molar-refractivity contribution in [2.75, 3.05) is 0 Å². The number of alkyl halides is 2. The molecule has 1 aliphatic carbocycles. The van der Waals surface area contributed by atoms with Gasteiger partial charge in [-0.05, 0) is 5.92 Å². The Labute approximate surface area is 71.1 Å². The minimum Gasteiger partial charge on any atom is -0.324 e. The second kappa shape index (κ2) is 3.50. The van der Waals surface area contributed by atoms with Gasteiger partial charge in [-0.3, -0.25) is 0 Å². The van der Waals surface area contributed by atoms with E-state index in [4.69, 9.17) is 5.73 Å². The SMILES string of the molecule is C=CC(N)C1CC(F)(F)C1.Cl. The first-order valence-electron chi connectivity index (χ1n) is 3.31. The predicted octanol–water partition coefficient (Wildman–Crippen LogP) is 1.97. The van der Waals surface area contributed by atoms with Crippen molar-refractivity contribution in [3.8, 4) is 0 Å². The fraction of sp³-hybridized carbons (Fsp3) is 0.714. The van der Waals surface area contributed by atoms with Crippen LogP contribution in [0.2, 0.25) is 0 Å². The molecule has 0 spiro atoms. The van der Waals surface area contributed by atoms with Gasteiger partial charge in [-0.1, -0.05) is 6.08 Å². The predicted molar refractivity (Wildman–Crippen MR) is 43.1 cm³/mol. The minimum atomic E-state index is -2.45. The van der Waals surface area contributed by atoms with Crippen LogP contribution in [-0.4, -0.2) is 12.0 Å². The quantitative estimate of drug-likeness (QED) is 0.651. The highest BCUT2D eigenvalue weighted by atomic mass is 35.5. The molecule has 1 atom stereocenters. The number of rotatable bonds is 2. The Morgan fingerprint density at radius 3 is 2.27 bits per heavy atom. The molecule has 1 fully saturated rings. The average Bonchev–Trinajstić information content (AvgIpc) is 1.81. The van der Waals surface area contributed by atoms with Crippen molar-refractivity contribution in [3.05, 3.63) is 12.7 Å². The Morgan fingerprint density at radius 2 is 2.00 bits per heavy atom. The van der Waals surface area contributed by atoms with Gasteiger partial charge in [0.15, 0.2) is 0 Å². The summed E-state index contributed by atoms with van der Waals surface area (Å²) in [4.78, 5) is 0. The Balaban J connectivity index is 0.000001000. The molecule has 66 valence electrons. The second-order valence-electron chi connectivity index (χ2n) is 2.84. The van der Waals surface area contributed by atoms with Gasteiger partial charge < -0.3 is 5.73 Å². The van der Waals surface area contributed by atoms with Crippen molar-refractivity contribution in [1.82, 2.24) is 0 Å². The molecular formula is C7H12ClF2N. The molecule has 0 heterocycles. The number of halogens is 3. The van der Waals surface area contributed by atoms with Gasteiger partial charge in [0, 0.05) is 18.9 Å². The van der Waals surface area contributed by atoms with E-state index in [2.05, 4.69) is 6.58 Å². The molecule has 1 aliphatic rings. The molecule has 11 heavy (non-hydrogen) atoms. The van der Waals surface area contributed by atoms with Crippen molar-refractivity contribution < 1.29 is 8.78 Å².